The Bertz CT molecular complexity index is 792. The summed E-state index contributed by atoms with van der Waals surface area (Å²) in [5.74, 6) is 1.08. The standard InChI is InChI=1S/C13H18N4O4S/c1-16(22(3,19)20)9-12-14-15-13(18)17(12)8-10-4-6-11(21-2)7-5-10/h4-7H,8-9H2,1-3H3,(H,15,18). The van der Waals surface area contributed by atoms with Crippen molar-refractivity contribution in [1.82, 2.24) is 19.1 Å². The van der Waals surface area contributed by atoms with Crippen molar-refractivity contribution >= 4 is 10.0 Å². The summed E-state index contributed by atoms with van der Waals surface area (Å²) in [6.45, 7) is 0.319. The highest BCUT2D eigenvalue weighted by molar-refractivity contribution is 7.88. The molecule has 2 rings (SSSR count). The van der Waals surface area contributed by atoms with E-state index in [-0.39, 0.29) is 12.2 Å². The highest BCUT2D eigenvalue weighted by Crippen LogP contribution is 2.12. The molecular weight excluding hydrogens is 308 g/mol. The summed E-state index contributed by atoms with van der Waals surface area (Å²) < 4.78 is 30.6. The molecule has 120 valence electrons. The van der Waals surface area contributed by atoms with Crippen molar-refractivity contribution < 1.29 is 13.2 Å². The summed E-state index contributed by atoms with van der Waals surface area (Å²) in [7, 11) is -0.328. The molecule has 0 fully saturated rings. The average molecular weight is 326 g/mol. The van der Waals surface area contributed by atoms with Crippen molar-refractivity contribution in [2.45, 2.75) is 13.1 Å². The van der Waals surface area contributed by atoms with E-state index in [0.717, 1.165) is 21.9 Å². The second-order valence-corrected chi connectivity index (χ2v) is 6.99. The maximum absolute atomic E-state index is 11.9. The smallest absolute Gasteiger partial charge is 0.343 e. The van der Waals surface area contributed by atoms with Crippen molar-refractivity contribution in [1.29, 1.82) is 0 Å². The molecule has 1 aromatic carbocycles. The van der Waals surface area contributed by atoms with E-state index in [1.54, 1.807) is 19.2 Å². The lowest BCUT2D eigenvalue weighted by molar-refractivity contribution is 0.414. The Morgan fingerprint density at radius 2 is 1.95 bits per heavy atom. The third-order valence-electron chi connectivity index (χ3n) is 3.27. The van der Waals surface area contributed by atoms with E-state index in [0.29, 0.717) is 12.4 Å². The number of hydrogen-bond acceptors (Lipinski definition) is 5. The Labute approximate surface area is 128 Å². The zero-order valence-corrected chi connectivity index (χ0v) is 13.4. The van der Waals surface area contributed by atoms with Crippen LogP contribution in [-0.2, 0) is 23.1 Å². The SMILES string of the molecule is COc1ccc(Cn2c(CN(C)S(C)(=O)=O)n[nH]c2=O)cc1. The summed E-state index contributed by atoms with van der Waals surface area (Å²) >= 11 is 0. The minimum atomic E-state index is -3.34. The van der Waals surface area contributed by atoms with Gasteiger partial charge in [0.15, 0.2) is 0 Å². The van der Waals surface area contributed by atoms with Crippen LogP contribution in [-0.4, -0.2) is 47.9 Å². The van der Waals surface area contributed by atoms with Crippen LogP contribution in [0.5, 0.6) is 5.75 Å². The lowest BCUT2D eigenvalue weighted by Crippen LogP contribution is -2.28. The van der Waals surface area contributed by atoms with Crippen LogP contribution in [0.2, 0.25) is 0 Å². The monoisotopic (exact) mass is 326 g/mol. The number of nitrogens with zero attached hydrogens (tertiary/aromatic N) is 3. The molecular formula is C13H18N4O4S. The number of aromatic amines is 1. The zero-order valence-electron chi connectivity index (χ0n) is 12.6. The Kier molecular flexibility index (Phi) is 4.67. The number of methoxy groups -OCH3 is 1. The Morgan fingerprint density at radius 3 is 2.50 bits per heavy atom. The predicted octanol–water partition coefficient (Wildman–Crippen LogP) is 0.0197. The first kappa shape index (κ1) is 16.2. The molecule has 9 heteroatoms. The van der Waals surface area contributed by atoms with Crippen LogP contribution in [0.4, 0.5) is 0 Å². The molecule has 1 heterocycles. The summed E-state index contributed by atoms with van der Waals surface area (Å²) in [5.41, 5.74) is 0.500. The molecule has 0 bridgehead atoms. The quantitative estimate of drug-likeness (QED) is 0.807. The van der Waals surface area contributed by atoms with E-state index in [9.17, 15) is 13.2 Å². The van der Waals surface area contributed by atoms with Crippen molar-refractivity contribution in [3.05, 3.63) is 46.1 Å². The molecule has 0 amide bonds. The van der Waals surface area contributed by atoms with Crippen LogP contribution >= 0.6 is 0 Å². The van der Waals surface area contributed by atoms with E-state index >= 15 is 0 Å². The number of ether oxygens (including phenoxy) is 1. The molecule has 1 aromatic heterocycles. The van der Waals surface area contributed by atoms with Gasteiger partial charge in [-0.3, -0.25) is 4.57 Å². The summed E-state index contributed by atoms with van der Waals surface area (Å²) in [6, 6.07) is 7.26. The summed E-state index contributed by atoms with van der Waals surface area (Å²) in [4.78, 5) is 11.9. The van der Waals surface area contributed by atoms with Crippen LogP contribution in [0.15, 0.2) is 29.1 Å². The van der Waals surface area contributed by atoms with Crippen LogP contribution in [0.3, 0.4) is 0 Å². The lowest BCUT2D eigenvalue weighted by atomic mass is 10.2. The average Bonchev–Trinajstić information content (AvgIpc) is 2.80. The van der Waals surface area contributed by atoms with Gasteiger partial charge in [0.2, 0.25) is 10.0 Å². The van der Waals surface area contributed by atoms with Gasteiger partial charge >= 0.3 is 5.69 Å². The molecule has 0 atom stereocenters. The second-order valence-electron chi connectivity index (χ2n) is 4.90. The van der Waals surface area contributed by atoms with Gasteiger partial charge in [0, 0.05) is 7.05 Å². The maximum atomic E-state index is 11.9. The largest absolute Gasteiger partial charge is 0.497 e. The highest BCUT2D eigenvalue weighted by Gasteiger charge is 2.16. The minimum absolute atomic E-state index is 0.0216. The zero-order chi connectivity index (χ0) is 16.3. The molecule has 0 radical (unpaired) electrons. The minimum Gasteiger partial charge on any atom is -0.497 e. The van der Waals surface area contributed by atoms with Crippen LogP contribution in [0.25, 0.3) is 0 Å². The van der Waals surface area contributed by atoms with E-state index in [1.807, 2.05) is 12.1 Å². The second kappa shape index (κ2) is 6.32. The number of benzene rings is 1. The maximum Gasteiger partial charge on any atom is 0.343 e. The molecule has 2 aromatic rings. The lowest BCUT2D eigenvalue weighted by Gasteiger charge is -2.14. The van der Waals surface area contributed by atoms with Crippen molar-refractivity contribution in [3.63, 3.8) is 0 Å². The van der Waals surface area contributed by atoms with Gasteiger partial charge in [0.1, 0.15) is 11.6 Å². The van der Waals surface area contributed by atoms with Gasteiger partial charge in [0.25, 0.3) is 0 Å². The number of sulfonamides is 1. The molecule has 0 aliphatic heterocycles. The summed E-state index contributed by atoms with van der Waals surface area (Å²) in [5, 5.41) is 6.24. The van der Waals surface area contributed by atoms with Crippen molar-refractivity contribution in [3.8, 4) is 5.75 Å². The molecule has 0 saturated heterocycles. The fourth-order valence-electron chi connectivity index (χ4n) is 1.86. The Morgan fingerprint density at radius 1 is 1.32 bits per heavy atom. The molecule has 0 aliphatic rings. The normalized spacial score (nSPS) is 11.8. The third kappa shape index (κ3) is 3.74. The number of aromatic nitrogens is 3. The Hall–Kier alpha value is -2.13. The predicted molar refractivity (Wildman–Crippen MR) is 81.3 cm³/mol. The van der Waals surface area contributed by atoms with Gasteiger partial charge in [-0.25, -0.2) is 18.3 Å². The van der Waals surface area contributed by atoms with Gasteiger partial charge in [0.05, 0.1) is 26.5 Å². The number of nitrogens with one attached hydrogen (secondary N) is 1. The molecule has 1 N–H and O–H groups in total. The number of rotatable bonds is 6. The van der Waals surface area contributed by atoms with E-state index in [1.165, 1.54) is 11.6 Å². The fraction of sp³-hybridized carbons (Fsp3) is 0.385. The molecule has 8 nitrogen and oxygen atoms in total. The van der Waals surface area contributed by atoms with Gasteiger partial charge in [-0.15, -0.1) is 0 Å². The first-order chi connectivity index (χ1) is 10.3. The number of H-pyrrole nitrogens is 1. The number of hydrogen-bond donors (Lipinski definition) is 1. The Balaban J connectivity index is 2.24. The van der Waals surface area contributed by atoms with Crippen LogP contribution < -0.4 is 10.4 Å². The molecule has 22 heavy (non-hydrogen) atoms. The summed E-state index contributed by atoms with van der Waals surface area (Å²) in [6.07, 6.45) is 1.10. The van der Waals surface area contributed by atoms with Crippen molar-refractivity contribution in [2.24, 2.45) is 0 Å². The third-order valence-corrected chi connectivity index (χ3v) is 4.53. The molecule has 0 spiro atoms. The van der Waals surface area contributed by atoms with Gasteiger partial charge in [-0.1, -0.05) is 12.1 Å². The first-order valence-electron chi connectivity index (χ1n) is 6.49. The van der Waals surface area contributed by atoms with Gasteiger partial charge < -0.3 is 4.74 Å². The van der Waals surface area contributed by atoms with Crippen molar-refractivity contribution in [2.75, 3.05) is 20.4 Å². The molecule has 0 unspecified atom stereocenters. The van der Waals surface area contributed by atoms with E-state index < -0.39 is 10.0 Å². The topological polar surface area (TPSA) is 97.3 Å². The molecule has 0 saturated carbocycles. The van der Waals surface area contributed by atoms with E-state index in [2.05, 4.69) is 10.2 Å². The highest BCUT2D eigenvalue weighted by atomic mass is 32.2. The van der Waals surface area contributed by atoms with Gasteiger partial charge in [-0.05, 0) is 17.7 Å². The van der Waals surface area contributed by atoms with Crippen LogP contribution in [0.1, 0.15) is 11.4 Å². The van der Waals surface area contributed by atoms with Crippen LogP contribution in [0, 0.1) is 0 Å². The van der Waals surface area contributed by atoms with Gasteiger partial charge in [-0.2, -0.15) is 9.40 Å². The molecule has 0 aliphatic carbocycles. The van der Waals surface area contributed by atoms with E-state index in [4.69, 9.17) is 4.74 Å². The fourth-order valence-corrected chi connectivity index (χ4v) is 2.21. The first-order valence-corrected chi connectivity index (χ1v) is 8.34.